The molecule has 1 fully saturated rings. The van der Waals surface area contributed by atoms with Crippen molar-refractivity contribution >= 4 is 11.8 Å². The lowest BCUT2D eigenvalue weighted by Gasteiger charge is -2.21. The average Bonchev–Trinajstić information content (AvgIpc) is 3.01. The molecule has 1 aliphatic rings. The van der Waals surface area contributed by atoms with Crippen LogP contribution in [0.1, 0.15) is 22.8 Å². The molecule has 3 rings (SSSR count). The summed E-state index contributed by atoms with van der Waals surface area (Å²) in [4.78, 5) is 27.3. The van der Waals surface area contributed by atoms with E-state index >= 15 is 0 Å². The number of rotatable bonds is 3. The van der Waals surface area contributed by atoms with Crippen LogP contribution >= 0.6 is 0 Å². The van der Waals surface area contributed by atoms with Crippen LogP contribution in [0.3, 0.4) is 0 Å². The molecule has 1 N–H and O–H groups in total. The third-order valence-electron chi connectivity index (χ3n) is 4.17. The molecule has 2 heterocycles. The summed E-state index contributed by atoms with van der Waals surface area (Å²) in [5.41, 5.74) is 1.52. The van der Waals surface area contributed by atoms with Crippen LogP contribution < -0.4 is 0 Å². The monoisotopic (exact) mass is 344 g/mol. The molecular formula is C16H20N6O3. The number of hydrogen-bond donors (Lipinski definition) is 1. The second-order valence-corrected chi connectivity index (χ2v) is 6.07. The SMILES string of the molecule is CC(=O)N1CCN(C(=O)c2ccc(Cn3cnnn3)cc2)C[C@@H](O)C1. The van der Waals surface area contributed by atoms with E-state index in [4.69, 9.17) is 0 Å². The van der Waals surface area contributed by atoms with Crippen molar-refractivity contribution in [2.75, 3.05) is 26.2 Å². The Bertz CT molecular complexity index is 731. The van der Waals surface area contributed by atoms with Gasteiger partial charge in [-0.15, -0.1) is 5.10 Å². The van der Waals surface area contributed by atoms with Gasteiger partial charge in [-0.3, -0.25) is 9.59 Å². The first-order valence-corrected chi connectivity index (χ1v) is 8.05. The minimum Gasteiger partial charge on any atom is -0.389 e. The van der Waals surface area contributed by atoms with Crippen LogP contribution in [0.25, 0.3) is 0 Å². The second kappa shape index (κ2) is 7.39. The van der Waals surface area contributed by atoms with Crippen LogP contribution in [0, 0.1) is 0 Å². The van der Waals surface area contributed by atoms with Gasteiger partial charge in [-0.1, -0.05) is 12.1 Å². The Labute approximate surface area is 144 Å². The van der Waals surface area contributed by atoms with Gasteiger partial charge in [0.25, 0.3) is 5.91 Å². The first-order valence-electron chi connectivity index (χ1n) is 8.05. The van der Waals surface area contributed by atoms with Crippen LogP contribution in [0.5, 0.6) is 0 Å². The van der Waals surface area contributed by atoms with Crippen molar-refractivity contribution in [2.24, 2.45) is 0 Å². The van der Waals surface area contributed by atoms with Crippen LogP contribution in [-0.4, -0.2) is 79.2 Å². The van der Waals surface area contributed by atoms with Gasteiger partial charge in [0.1, 0.15) is 6.33 Å². The van der Waals surface area contributed by atoms with Crippen LogP contribution in [-0.2, 0) is 11.3 Å². The van der Waals surface area contributed by atoms with E-state index in [0.29, 0.717) is 25.2 Å². The fraction of sp³-hybridized carbons (Fsp3) is 0.438. The van der Waals surface area contributed by atoms with Gasteiger partial charge in [-0.2, -0.15) is 0 Å². The summed E-state index contributed by atoms with van der Waals surface area (Å²) in [6, 6.07) is 7.21. The Morgan fingerprint density at radius 2 is 1.84 bits per heavy atom. The summed E-state index contributed by atoms with van der Waals surface area (Å²) in [5.74, 6) is -0.251. The Morgan fingerprint density at radius 3 is 2.48 bits per heavy atom. The molecule has 1 atom stereocenters. The number of aromatic nitrogens is 4. The number of β-amino-alcohol motifs (C(OH)–C–C–N with tert-alkyl or cyclic N) is 1. The maximum atomic E-state index is 12.7. The topological polar surface area (TPSA) is 104 Å². The maximum Gasteiger partial charge on any atom is 0.254 e. The number of nitrogens with zero attached hydrogens (tertiary/aromatic N) is 6. The lowest BCUT2D eigenvalue weighted by atomic mass is 10.1. The van der Waals surface area contributed by atoms with Gasteiger partial charge in [0.05, 0.1) is 12.6 Å². The molecule has 0 saturated carbocycles. The van der Waals surface area contributed by atoms with Gasteiger partial charge < -0.3 is 14.9 Å². The number of aliphatic hydroxyl groups is 1. The highest BCUT2D eigenvalue weighted by Gasteiger charge is 2.26. The quantitative estimate of drug-likeness (QED) is 0.796. The fourth-order valence-corrected chi connectivity index (χ4v) is 2.84. The Balaban J connectivity index is 1.66. The number of carbonyl (C=O) groups excluding carboxylic acids is 2. The Hall–Kier alpha value is -2.81. The molecule has 2 aromatic rings. The largest absolute Gasteiger partial charge is 0.389 e. The van der Waals surface area contributed by atoms with Crippen molar-refractivity contribution in [1.82, 2.24) is 30.0 Å². The molecular weight excluding hydrogens is 324 g/mol. The predicted molar refractivity (Wildman–Crippen MR) is 87.5 cm³/mol. The van der Waals surface area contributed by atoms with Crippen LogP contribution in [0.2, 0.25) is 0 Å². The maximum absolute atomic E-state index is 12.7. The number of amides is 2. The van der Waals surface area contributed by atoms with E-state index in [1.165, 1.54) is 13.3 Å². The fourth-order valence-electron chi connectivity index (χ4n) is 2.84. The van der Waals surface area contributed by atoms with Crippen molar-refractivity contribution in [3.63, 3.8) is 0 Å². The van der Waals surface area contributed by atoms with Gasteiger partial charge in [-0.05, 0) is 28.1 Å². The molecule has 0 bridgehead atoms. The van der Waals surface area contributed by atoms with Gasteiger partial charge in [-0.25, -0.2) is 4.68 Å². The summed E-state index contributed by atoms with van der Waals surface area (Å²) in [6.45, 7) is 3.29. The normalized spacial score (nSPS) is 18.1. The molecule has 9 heteroatoms. The minimum absolute atomic E-state index is 0.0969. The van der Waals surface area contributed by atoms with E-state index in [9.17, 15) is 14.7 Å². The van der Waals surface area contributed by atoms with Crippen LogP contribution in [0.15, 0.2) is 30.6 Å². The molecule has 1 saturated heterocycles. The summed E-state index contributed by atoms with van der Waals surface area (Å²) < 4.78 is 1.60. The standard InChI is InChI=1S/C16H20N6O3/c1-12(23)20-6-7-21(10-15(24)9-20)16(25)14-4-2-13(3-5-14)8-22-11-17-18-19-22/h2-5,11,15,24H,6-10H2,1H3/t15-/m0/s1. The zero-order valence-corrected chi connectivity index (χ0v) is 13.9. The van der Waals surface area contributed by atoms with Crippen LogP contribution in [0.4, 0.5) is 0 Å². The molecule has 2 amide bonds. The van der Waals surface area contributed by atoms with E-state index in [0.717, 1.165) is 5.56 Å². The summed E-state index contributed by atoms with van der Waals surface area (Å²) >= 11 is 0. The summed E-state index contributed by atoms with van der Waals surface area (Å²) in [7, 11) is 0. The third-order valence-corrected chi connectivity index (χ3v) is 4.17. The highest BCUT2D eigenvalue weighted by molar-refractivity contribution is 5.94. The number of hydrogen-bond acceptors (Lipinski definition) is 6. The summed E-state index contributed by atoms with van der Waals surface area (Å²) in [5, 5.41) is 21.0. The average molecular weight is 344 g/mol. The lowest BCUT2D eigenvalue weighted by Crippen LogP contribution is -2.37. The minimum atomic E-state index is -0.741. The third kappa shape index (κ3) is 4.18. The van der Waals surface area contributed by atoms with Gasteiger partial charge in [0.15, 0.2) is 0 Å². The van der Waals surface area contributed by atoms with E-state index in [-0.39, 0.29) is 24.9 Å². The molecule has 0 aliphatic carbocycles. The molecule has 1 aromatic heterocycles. The predicted octanol–water partition coefficient (Wildman–Crippen LogP) is -0.613. The van der Waals surface area contributed by atoms with Crippen molar-refractivity contribution in [3.8, 4) is 0 Å². The van der Waals surface area contributed by atoms with Crippen molar-refractivity contribution in [3.05, 3.63) is 41.7 Å². The highest BCUT2D eigenvalue weighted by atomic mass is 16.3. The Kier molecular flexibility index (Phi) is 5.03. The number of benzene rings is 1. The lowest BCUT2D eigenvalue weighted by molar-refractivity contribution is -0.129. The number of carbonyl (C=O) groups is 2. The first kappa shape index (κ1) is 17.0. The summed E-state index contributed by atoms with van der Waals surface area (Å²) in [6.07, 6.45) is 0.785. The highest BCUT2D eigenvalue weighted by Crippen LogP contribution is 2.12. The van der Waals surface area contributed by atoms with E-state index < -0.39 is 6.10 Å². The molecule has 132 valence electrons. The molecule has 9 nitrogen and oxygen atoms in total. The van der Waals surface area contributed by atoms with E-state index in [1.54, 1.807) is 26.6 Å². The van der Waals surface area contributed by atoms with E-state index in [2.05, 4.69) is 15.5 Å². The first-order chi connectivity index (χ1) is 12.0. The molecule has 1 aromatic carbocycles. The molecule has 0 unspecified atom stereocenters. The molecule has 25 heavy (non-hydrogen) atoms. The zero-order valence-electron chi connectivity index (χ0n) is 13.9. The van der Waals surface area contributed by atoms with Crippen molar-refractivity contribution in [1.29, 1.82) is 0 Å². The zero-order chi connectivity index (χ0) is 17.8. The van der Waals surface area contributed by atoms with Crippen molar-refractivity contribution in [2.45, 2.75) is 19.6 Å². The van der Waals surface area contributed by atoms with Gasteiger partial charge in [0, 0.05) is 38.7 Å². The van der Waals surface area contributed by atoms with Gasteiger partial charge in [0.2, 0.25) is 5.91 Å². The number of aliphatic hydroxyl groups excluding tert-OH is 1. The Morgan fingerprint density at radius 1 is 1.16 bits per heavy atom. The molecule has 0 radical (unpaired) electrons. The van der Waals surface area contributed by atoms with E-state index in [1.807, 2.05) is 12.1 Å². The number of tetrazole rings is 1. The molecule has 1 aliphatic heterocycles. The van der Waals surface area contributed by atoms with Crippen molar-refractivity contribution < 1.29 is 14.7 Å². The smallest absolute Gasteiger partial charge is 0.254 e. The second-order valence-electron chi connectivity index (χ2n) is 6.07. The van der Waals surface area contributed by atoms with Gasteiger partial charge >= 0.3 is 0 Å². The molecule has 0 spiro atoms.